The van der Waals surface area contributed by atoms with E-state index < -0.39 is 24.5 Å². The third-order valence-electron chi connectivity index (χ3n) is 3.52. The molecule has 2 rings (SSSR count). The van der Waals surface area contributed by atoms with Crippen LogP contribution in [-0.4, -0.2) is 24.5 Å². The fraction of sp³-hybridized carbons (Fsp3) is 0.294. The van der Waals surface area contributed by atoms with Crippen LogP contribution in [0.3, 0.4) is 0 Å². The van der Waals surface area contributed by atoms with Crippen molar-refractivity contribution in [1.82, 2.24) is 0 Å². The van der Waals surface area contributed by atoms with Crippen LogP contribution in [0, 0.1) is 0 Å². The van der Waals surface area contributed by atoms with Crippen LogP contribution in [0.5, 0.6) is 0 Å². The summed E-state index contributed by atoms with van der Waals surface area (Å²) in [6.45, 7) is 11.8. The van der Waals surface area contributed by atoms with E-state index in [1.54, 1.807) is 0 Å². The molecule has 1 nitrogen and oxygen atoms in total. The molecular weight excluding hydrogens is 304 g/mol. The van der Waals surface area contributed by atoms with E-state index in [0.717, 1.165) is 0 Å². The summed E-state index contributed by atoms with van der Waals surface area (Å²) in [5.74, 6) is 0. The first kappa shape index (κ1) is 16.4. The summed E-state index contributed by atoms with van der Waals surface area (Å²) in [5, 5.41) is 2.86. The van der Waals surface area contributed by atoms with Gasteiger partial charge in [-0.3, -0.25) is 0 Å². The Hall–Kier alpha value is -0.949. The van der Waals surface area contributed by atoms with Crippen molar-refractivity contribution in [2.45, 2.75) is 32.7 Å². The molecule has 0 aliphatic rings. The SMILES string of the molecule is C[Si](C)[Si](O[Si](C)(C)C)(c1ccccc1)c1ccccc1. The van der Waals surface area contributed by atoms with Crippen molar-refractivity contribution >= 4 is 34.8 Å². The number of hydrogen-bond acceptors (Lipinski definition) is 1. The molecule has 0 bridgehead atoms. The van der Waals surface area contributed by atoms with E-state index in [1.807, 2.05) is 0 Å². The number of rotatable bonds is 5. The van der Waals surface area contributed by atoms with Crippen LogP contribution in [-0.2, 0) is 4.12 Å². The highest BCUT2D eigenvalue weighted by molar-refractivity contribution is 7.42. The minimum Gasteiger partial charge on any atom is -0.451 e. The lowest BCUT2D eigenvalue weighted by Gasteiger charge is -2.41. The van der Waals surface area contributed by atoms with Gasteiger partial charge < -0.3 is 4.12 Å². The van der Waals surface area contributed by atoms with Gasteiger partial charge in [0, 0.05) is 0 Å². The Morgan fingerprint density at radius 3 is 1.38 bits per heavy atom. The third-order valence-corrected chi connectivity index (χ3v) is 17.8. The highest BCUT2D eigenvalue weighted by Crippen LogP contribution is 2.18. The quantitative estimate of drug-likeness (QED) is 0.764. The lowest BCUT2D eigenvalue weighted by Crippen LogP contribution is -2.72. The molecular formula is C17H25OSi3. The molecule has 21 heavy (non-hydrogen) atoms. The van der Waals surface area contributed by atoms with Gasteiger partial charge >= 0.3 is 0 Å². The average molecular weight is 330 g/mol. The Balaban J connectivity index is 2.67. The molecule has 0 fully saturated rings. The van der Waals surface area contributed by atoms with Gasteiger partial charge in [-0.1, -0.05) is 73.8 Å². The van der Waals surface area contributed by atoms with Gasteiger partial charge in [0.25, 0.3) is 0 Å². The van der Waals surface area contributed by atoms with Gasteiger partial charge in [-0.05, 0) is 30.0 Å². The topological polar surface area (TPSA) is 9.23 Å². The standard InChI is InChI=1S/C17H25OSi3/c1-19(2)21(18-20(3,4)5,16-12-8-6-9-13-16)17-14-10-7-11-15-17/h6-15H,1-5H3. The molecule has 4 heteroatoms. The summed E-state index contributed by atoms with van der Waals surface area (Å²) in [6.07, 6.45) is 0. The van der Waals surface area contributed by atoms with E-state index in [2.05, 4.69) is 93.4 Å². The summed E-state index contributed by atoms with van der Waals surface area (Å²) >= 11 is 0. The molecule has 0 aromatic heterocycles. The van der Waals surface area contributed by atoms with Gasteiger partial charge in [0.1, 0.15) is 0 Å². The Kier molecular flexibility index (Phi) is 5.03. The van der Waals surface area contributed by atoms with Gasteiger partial charge in [-0.25, -0.2) is 0 Å². The summed E-state index contributed by atoms with van der Waals surface area (Å²) in [6, 6.07) is 21.9. The molecule has 0 N–H and O–H groups in total. The summed E-state index contributed by atoms with van der Waals surface area (Å²) in [7, 11) is -4.35. The van der Waals surface area contributed by atoms with E-state index in [9.17, 15) is 0 Å². The zero-order chi connectivity index (χ0) is 15.5. The van der Waals surface area contributed by atoms with E-state index in [1.165, 1.54) is 10.4 Å². The molecule has 0 amide bonds. The largest absolute Gasteiger partial charge is 0.451 e. The van der Waals surface area contributed by atoms with Crippen LogP contribution in [0.1, 0.15) is 0 Å². The third kappa shape index (κ3) is 3.63. The second-order valence-corrected chi connectivity index (χ2v) is 21.3. The Labute approximate surface area is 132 Å². The fourth-order valence-corrected chi connectivity index (χ4v) is 20.1. The number of hydrogen-bond donors (Lipinski definition) is 0. The van der Waals surface area contributed by atoms with Crippen molar-refractivity contribution < 1.29 is 4.12 Å². The first-order valence-electron chi connectivity index (χ1n) is 7.48. The molecule has 2 aromatic rings. The molecule has 0 spiro atoms. The molecule has 2 aromatic carbocycles. The first-order valence-corrected chi connectivity index (χ1v) is 16.3. The second-order valence-electron chi connectivity index (χ2n) is 6.63. The maximum Gasteiger partial charge on any atom is 0.226 e. The lowest BCUT2D eigenvalue weighted by atomic mass is 10.4. The zero-order valence-electron chi connectivity index (χ0n) is 13.7. The molecule has 0 aliphatic heterocycles. The Morgan fingerprint density at radius 2 is 1.10 bits per heavy atom. The molecule has 0 unspecified atom stereocenters. The van der Waals surface area contributed by atoms with Crippen LogP contribution < -0.4 is 10.4 Å². The highest BCUT2D eigenvalue weighted by atomic mass is 29.2. The van der Waals surface area contributed by atoms with Crippen LogP contribution in [0.15, 0.2) is 60.7 Å². The summed E-state index contributed by atoms with van der Waals surface area (Å²) in [4.78, 5) is 0. The maximum absolute atomic E-state index is 6.98. The van der Waals surface area contributed by atoms with Crippen LogP contribution in [0.4, 0.5) is 0 Å². The predicted octanol–water partition coefficient (Wildman–Crippen LogP) is 3.43. The molecule has 0 atom stereocenters. The van der Waals surface area contributed by atoms with Crippen molar-refractivity contribution in [1.29, 1.82) is 0 Å². The fourth-order valence-electron chi connectivity index (χ4n) is 2.77. The van der Waals surface area contributed by atoms with Gasteiger partial charge in [0.2, 0.25) is 7.83 Å². The van der Waals surface area contributed by atoms with E-state index in [4.69, 9.17) is 4.12 Å². The highest BCUT2D eigenvalue weighted by Gasteiger charge is 2.45. The van der Waals surface area contributed by atoms with Crippen molar-refractivity contribution in [3.63, 3.8) is 0 Å². The van der Waals surface area contributed by atoms with Crippen LogP contribution in [0.25, 0.3) is 0 Å². The smallest absolute Gasteiger partial charge is 0.226 e. The van der Waals surface area contributed by atoms with Gasteiger partial charge in [0.05, 0.1) is 8.31 Å². The van der Waals surface area contributed by atoms with Gasteiger partial charge in [-0.2, -0.15) is 0 Å². The number of benzene rings is 2. The van der Waals surface area contributed by atoms with E-state index in [0.29, 0.717) is 0 Å². The lowest BCUT2D eigenvalue weighted by molar-refractivity contribution is 0.584. The van der Waals surface area contributed by atoms with Crippen LogP contribution in [0.2, 0.25) is 32.7 Å². The Bertz CT molecular complexity index is 522. The normalized spacial score (nSPS) is 12.7. The molecule has 0 saturated heterocycles. The average Bonchev–Trinajstić information content (AvgIpc) is 2.45. The molecule has 1 radical (unpaired) electrons. The zero-order valence-corrected chi connectivity index (χ0v) is 16.7. The molecule has 111 valence electrons. The van der Waals surface area contributed by atoms with Crippen molar-refractivity contribution in [2.75, 3.05) is 0 Å². The minimum atomic E-state index is -2.10. The van der Waals surface area contributed by atoms with Gasteiger partial charge in [-0.15, -0.1) is 0 Å². The first-order chi connectivity index (χ1) is 9.86. The predicted molar refractivity (Wildman–Crippen MR) is 99.8 cm³/mol. The monoisotopic (exact) mass is 329 g/mol. The van der Waals surface area contributed by atoms with Crippen molar-refractivity contribution in [2.24, 2.45) is 0 Å². The molecule has 0 saturated carbocycles. The Morgan fingerprint density at radius 1 is 0.714 bits per heavy atom. The summed E-state index contributed by atoms with van der Waals surface area (Å²) in [5.41, 5.74) is 0. The minimum absolute atomic E-state index is 0.618. The van der Waals surface area contributed by atoms with E-state index in [-0.39, 0.29) is 0 Å². The van der Waals surface area contributed by atoms with E-state index >= 15 is 0 Å². The summed E-state index contributed by atoms with van der Waals surface area (Å²) < 4.78 is 6.98. The second kappa shape index (κ2) is 6.44. The van der Waals surface area contributed by atoms with Crippen LogP contribution >= 0.6 is 0 Å². The molecule has 0 aliphatic carbocycles. The van der Waals surface area contributed by atoms with Crippen molar-refractivity contribution in [3.05, 3.63) is 60.7 Å². The molecule has 0 heterocycles. The maximum atomic E-state index is 6.98. The van der Waals surface area contributed by atoms with Gasteiger partial charge in [0.15, 0.2) is 8.32 Å². The van der Waals surface area contributed by atoms with Crippen molar-refractivity contribution in [3.8, 4) is 0 Å².